The highest BCUT2D eigenvalue weighted by Crippen LogP contribution is 2.32. The summed E-state index contributed by atoms with van der Waals surface area (Å²) in [5.74, 6) is 1.97. The summed E-state index contributed by atoms with van der Waals surface area (Å²) in [5, 5.41) is 3.35. The number of aromatic nitrogens is 5. The van der Waals surface area contributed by atoms with E-state index in [1.165, 1.54) is 4.57 Å². The van der Waals surface area contributed by atoms with E-state index in [0.29, 0.717) is 36.1 Å². The van der Waals surface area contributed by atoms with Crippen molar-refractivity contribution in [2.75, 3.05) is 5.32 Å². The first-order valence-electron chi connectivity index (χ1n) is 13.1. The van der Waals surface area contributed by atoms with E-state index in [9.17, 15) is 13.2 Å². The van der Waals surface area contributed by atoms with E-state index < -0.39 is 11.9 Å². The van der Waals surface area contributed by atoms with Gasteiger partial charge in [0.15, 0.2) is 23.1 Å². The molecular weight excluding hydrogens is 529 g/mol. The molecule has 0 aliphatic heterocycles. The van der Waals surface area contributed by atoms with E-state index in [2.05, 4.69) is 34.1 Å². The predicted molar refractivity (Wildman–Crippen MR) is 151 cm³/mol. The van der Waals surface area contributed by atoms with Crippen LogP contribution in [0.25, 0.3) is 22.8 Å². The van der Waals surface area contributed by atoms with Gasteiger partial charge in [-0.3, -0.25) is 4.98 Å². The topological polar surface area (TPSA) is 77.8 Å². The summed E-state index contributed by atoms with van der Waals surface area (Å²) in [5.41, 5.74) is 3.32. The monoisotopic (exact) mass is 558 g/mol. The van der Waals surface area contributed by atoms with Gasteiger partial charge in [0.1, 0.15) is 12.4 Å². The average molecular weight is 559 g/mol. The molecule has 0 saturated carbocycles. The molecule has 5 aromatic rings. The molecule has 0 aliphatic rings. The normalized spacial score (nSPS) is 11.6. The molecule has 1 N–H and O–H groups in total. The SMILES string of the molecule is CC(C)c1ncccc1-c1ncc(OCc2ccccc2)c(NCc2ccc(-c3nc(C(F)(F)F)cn3C)cc2)n1. The zero-order chi connectivity index (χ0) is 29.0. The summed E-state index contributed by atoms with van der Waals surface area (Å²) in [6.07, 6.45) is -0.0925. The quantitative estimate of drug-likeness (QED) is 0.205. The van der Waals surface area contributed by atoms with Crippen molar-refractivity contribution < 1.29 is 17.9 Å². The highest BCUT2D eigenvalue weighted by molar-refractivity contribution is 5.63. The summed E-state index contributed by atoms with van der Waals surface area (Å²) >= 11 is 0. The standard InChI is InChI=1S/C31H29F3N6O/c1-20(2)27-24(10-7-15-35-27)28-37-17-25(41-19-22-8-5-4-6-9-22)29(39-28)36-16-21-11-13-23(14-12-21)30-38-26(18-40(30)3)31(32,33)34/h4-15,17-18,20H,16,19H2,1-3H3,(H,36,37,39). The molecule has 0 aliphatic carbocycles. The lowest BCUT2D eigenvalue weighted by Crippen LogP contribution is -2.08. The number of aryl methyl sites for hydroxylation is 1. The van der Waals surface area contributed by atoms with Gasteiger partial charge in [0, 0.05) is 37.1 Å². The molecule has 3 aromatic heterocycles. The molecule has 3 heterocycles. The van der Waals surface area contributed by atoms with Crippen molar-refractivity contribution in [3.8, 4) is 28.5 Å². The van der Waals surface area contributed by atoms with Gasteiger partial charge in [0.25, 0.3) is 0 Å². The Morgan fingerprint density at radius 2 is 1.66 bits per heavy atom. The van der Waals surface area contributed by atoms with E-state index in [0.717, 1.165) is 28.6 Å². The van der Waals surface area contributed by atoms with Crippen molar-refractivity contribution in [2.45, 2.75) is 39.1 Å². The van der Waals surface area contributed by atoms with Crippen LogP contribution in [0.15, 0.2) is 85.3 Å². The van der Waals surface area contributed by atoms with Crippen LogP contribution in [0.2, 0.25) is 0 Å². The number of rotatable bonds is 9. The number of pyridine rings is 1. The Kier molecular flexibility index (Phi) is 8.00. The summed E-state index contributed by atoms with van der Waals surface area (Å²) < 4.78 is 46.8. The number of nitrogens with one attached hydrogen (secondary N) is 1. The number of anilines is 1. The number of halogens is 3. The van der Waals surface area contributed by atoms with Crippen LogP contribution in [0.5, 0.6) is 5.75 Å². The van der Waals surface area contributed by atoms with E-state index in [1.807, 2.05) is 54.6 Å². The van der Waals surface area contributed by atoms with Gasteiger partial charge >= 0.3 is 6.18 Å². The fourth-order valence-corrected chi connectivity index (χ4v) is 4.36. The number of alkyl halides is 3. The Morgan fingerprint density at radius 3 is 2.34 bits per heavy atom. The largest absolute Gasteiger partial charge is 0.483 e. The molecule has 10 heteroatoms. The number of hydrogen-bond donors (Lipinski definition) is 1. The van der Waals surface area contributed by atoms with Crippen LogP contribution in [0, 0.1) is 0 Å². The molecule has 41 heavy (non-hydrogen) atoms. The van der Waals surface area contributed by atoms with Crippen LogP contribution in [0.1, 0.15) is 42.3 Å². The van der Waals surface area contributed by atoms with Crippen molar-refractivity contribution in [1.29, 1.82) is 0 Å². The maximum atomic E-state index is 13.1. The fourth-order valence-electron chi connectivity index (χ4n) is 4.36. The lowest BCUT2D eigenvalue weighted by Gasteiger charge is -2.15. The second kappa shape index (κ2) is 11.8. The predicted octanol–water partition coefficient (Wildman–Crippen LogP) is 7.27. The van der Waals surface area contributed by atoms with E-state index in [4.69, 9.17) is 9.72 Å². The van der Waals surface area contributed by atoms with Crippen molar-refractivity contribution in [3.05, 3.63) is 108 Å². The molecular formula is C31H29F3N6O. The minimum atomic E-state index is -4.50. The van der Waals surface area contributed by atoms with Crippen molar-refractivity contribution in [3.63, 3.8) is 0 Å². The number of nitrogens with zero attached hydrogens (tertiary/aromatic N) is 5. The first-order chi connectivity index (χ1) is 19.7. The van der Waals surface area contributed by atoms with E-state index in [1.54, 1.807) is 31.6 Å². The van der Waals surface area contributed by atoms with Crippen LogP contribution in [0.3, 0.4) is 0 Å². The van der Waals surface area contributed by atoms with E-state index >= 15 is 0 Å². The summed E-state index contributed by atoms with van der Waals surface area (Å²) in [6.45, 7) is 4.89. The Labute approximate surface area is 236 Å². The minimum Gasteiger partial charge on any atom is -0.483 e. The van der Waals surface area contributed by atoms with Crippen LogP contribution >= 0.6 is 0 Å². The first-order valence-corrected chi connectivity index (χ1v) is 13.1. The van der Waals surface area contributed by atoms with Crippen molar-refractivity contribution in [2.24, 2.45) is 7.05 Å². The molecule has 0 fully saturated rings. The molecule has 5 rings (SSSR count). The lowest BCUT2D eigenvalue weighted by molar-refractivity contribution is -0.140. The zero-order valence-electron chi connectivity index (χ0n) is 22.9. The second-order valence-corrected chi connectivity index (χ2v) is 9.88. The smallest absolute Gasteiger partial charge is 0.434 e. The Balaban J connectivity index is 1.39. The summed E-state index contributed by atoms with van der Waals surface area (Å²) in [7, 11) is 1.55. The third kappa shape index (κ3) is 6.54. The van der Waals surface area contributed by atoms with Gasteiger partial charge in [-0.25, -0.2) is 15.0 Å². The van der Waals surface area contributed by atoms with Gasteiger partial charge in [-0.15, -0.1) is 0 Å². The van der Waals surface area contributed by atoms with Gasteiger partial charge in [-0.1, -0.05) is 68.4 Å². The van der Waals surface area contributed by atoms with Crippen LogP contribution in [-0.2, 0) is 26.4 Å². The Hall–Kier alpha value is -4.73. The molecule has 210 valence electrons. The van der Waals surface area contributed by atoms with Gasteiger partial charge in [0.2, 0.25) is 0 Å². The molecule has 0 radical (unpaired) electrons. The average Bonchev–Trinajstić information content (AvgIpc) is 3.38. The molecule has 2 aromatic carbocycles. The van der Waals surface area contributed by atoms with E-state index in [-0.39, 0.29) is 11.7 Å². The minimum absolute atomic E-state index is 0.185. The van der Waals surface area contributed by atoms with Crippen LogP contribution < -0.4 is 10.1 Å². The van der Waals surface area contributed by atoms with Crippen molar-refractivity contribution >= 4 is 5.82 Å². The number of ether oxygens (including phenoxy) is 1. The maximum Gasteiger partial charge on any atom is 0.434 e. The van der Waals surface area contributed by atoms with Gasteiger partial charge in [0.05, 0.1) is 11.9 Å². The number of benzene rings is 2. The second-order valence-electron chi connectivity index (χ2n) is 9.88. The Morgan fingerprint density at radius 1 is 0.902 bits per heavy atom. The summed E-state index contributed by atoms with van der Waals surface area (Å²) in [6, 6.07) is 20.8. The molecule has 0 atom stereocenters. The molecule has 0 unspecified atom stereocenters. The van der Waals surface area contributed by atoms with Crippen LogP contribution in [-0.4, -0.2) is 24.5 Å². The first kappa shape index (κ1) is 27.8. The van der Waals surface area contributed by atoms with Crippen LogP contribution in [0.4, 0.5) is 19.0 Å². The van der Waals surface area contributed by atoms with Gasteiger partial charge in [-0.05, 0) is 29.2 Å². The third-order valence-corrected chi connectivity index (χ3v) is 6.46. The number of imidazole rings is 1. The molecule has 0 amide bonds. The maximum absolute atomic E-state index is 13.1. The zero-order valence-corrected chi connectivity index (χ0v) is 22.9. The van der Waals surface area contributed by atoms with Gasteiger partial charge < -0.3 is 14.6 Å². The molecule has 0 spiro atoms. The molecule has 0 bridgehead atoms. The molecule has 7 nitrogen and oxygen atoms in total. The summed E-state index contributed by atoms with van der Waals surface area (Å²) in [4.78, 5) is 17.7. The highest BCUT2D eigenvalue weighted by Gasteiger charge is 2.34. The van der Waals surface area contributed by atoms with Gasteiger partial charge in [-0.2, -0.15) is 13.2 Å². The third-order valence-electron chi connectivity index (χ3n) is 6.46. The van der Waals surface area contributed by atoms with Crippen molar-refractivity contribution in [1.82, 2.24) is 24.5 Å². The Bertz CT molecular complexity index is 1620. The number of hydrogen-bond acceptors (Lipinski definition) is 6. The highest BCUT2D eigenvalue weighted by atomic mass is 19.4. The lowest BCUT2D eigenvalue weighted by atomic mass is 10.0. The fraction of sp³-hybridized carbons (Fsp3) is 0.226. The molecule has 0 saturated heterocycles.